The van der Waals surface area contributed by atoms with Gasteiger partial charge in [-0.1, -0.05) is 51.4 Å². The van der Waals surface area contributed by atoms with Crippen LogP contribution in [0.5, 0.6) is 0 Å². The smallest absolute Gasteiger partial charge is 0.253 e. The first-order valence-corrected chi connectivity index (χ1v) is 20.1. The number of ether oxygens (including phenoxy) is 4. The minimum atomic E-state index is -2.19. The molecule has 22 heteroatoms. The summed E-state index contributed by atoms with van der Waals surface area (Å²) in [5.41, 5.74) is 0. The van der Waals surface area contributed by atoms with Gasteiger partial charge in [0.2, 0.25) is 5.91 Å². The van der Waals surface area contributed by atoms with Gasteiger partial charge in [0.05, 0.1) is 19.8 Å². The van der Waals surface area contributed by atoms with Gasteiger partial charge in [-0.2, -0.15) is 0 Å². The van der Waals surface area contributed by atoms with Crippen LogP contribution < -0.4 is 10.6 Å². The third kappa shape index (κ3) is 15.0. The van der Waals surface area contributed by atoms with Crippen molar-refractivity contribution < 1.29 is 94.3 Å². The molecular formula is C37H63N3O19. The number of unbranched alkanes of at least 4 members (excludes halogenated alkanes) is 9. The Morgan fingerprint density at radius 3 is 1.73 bits per heavy atom. The van der Waals surface area contributed by atoms with E-state index in [0.717, 1.165) is 62.7 Å². The quantitative estimate of drug-likeness (QED) is 0.0271. The summed E-state index contributed by atoms with van der Waals surface area (Å²) in [5.74, 6) is -2.05. The number of carbonyl (C=O) groups excluding carboxylic acids is 4. The molecule has 3 rings (SSSR count). The Hall–Kier alpha value is -2.78. The van der Waals surface area contributed by atoms with Gasteiger partial charge in [-0.05, 0) is 12.8 Å². The van der Waals surface area contributed by atoms with Crippen LogP contribution >= 0.6 is 0 Å². The molecule has 59 heavy (non-hydrogen) atoms. The largest absolute Gasteiger partial charge is 0.394 e. The van der Waals surface area contributed by atoms with E-state index in [2.05, 4.69) is 10.6 Å². The molecule has 22 nitrogen and oxygen atoms in total. The number of carbonyl (C=O) groups is 4. The predicted octanol–water partition coefficient (Wildman–Crippen LogP) is -5.48. The Balaban J connectivity index is 1.31. The summed E-state index contributed by atoms with van der Waals surface area (Å²) in [6, 6.07) is 0. The Bertz CT molecular complexity index is 1310. The molecule has 0 bridgehead atoms. The first-order valence-electron chi connectivity index (χ1n) is 20.1. The fourth-order valence-corrected chi connectivity index (χ4v) is 6.82. The fraction of sp³-hybridized carbons (Fsp3) is 0.838. The van der Waals surface area contributed by atoms with Crippen LogP contribution in [0, 0.1) is 0 Å². The van der Waals surface area contributed by atoms with Crippen molar-refractivity contribution >= 4 is 23.6 Å². The lowest BCUT2D eigenvalue weighted by Crippen LogP contribution is -2.65. The predicted molar refractivity (Wildman–Crippen MR) is 199 cm³/mol. The third-order valence-corrected chi connectivity index (χ3v) is 10.4. The minimum Gasteiger partial charge on any atom is -0.394 e. The summed E-state index contributed by atoms with van der Waals surface area (Å²) < 4.78 is 21.7. The second kappa shape index (κ2) is 25.9. The van der Waals surface area contributed by atoms with Crippen molar-refractivity contribution in [2.45, 2.75) is 156 Å². The topological polar surface area (TPSA) is 355 Å². The van der Waals surface area contributed by atoms with Crippen molar-refractivity contribution in [3.05, 3.63) is 12.2 Å². The van der Waals surface area contributed by atoms with Crippen molar-refractivity contribution in [1.29, 1.82) is 0 Å². The number of nitrogens with zero attached hydrogens (tertiary/aromatic N) is 1. The van der Waals surface area contributed by atoms with E-state index in [1.165, 1.54) is 12.2 Å². The molecule has 0 spiro atoms. The van der Waals surface area contributed by atoms with E-state index in [1.54, 1.807) is 0 Å². The molecule has 0 saturated carbocycles. The van der Waals surface area contributed by atoms with Crippen LogP contribution in [-0.2, 0) is 38.1 Å². The van der Waals surface area contributed by atoms with Crippen molar-refractivity contribution in [2.75, 3.05) is 39.5 Å². The average molecular weight is 854 g/mol. The monoisotopic (exact) mass is 853 g/mol. The molecule has 0 radical (unpaired) electrons. The molecular weight excluding hydrogens is 790 g/mol. The van der Waals surface area contributed by atoms with Crippen molar-refractivity contribution in [2.24, 2.45) is 0 Å². The van der Waals surface area contributed by atoms with Gasteiger partial charge in [0.1, 0.15) is 67.1 Å². The normalized spacial score (nSPS) is 30.6. The Morgan fingerprint density at radius 1 is 0.678 bits per heavy atom. The van der Waals surface area contributed by atoms with Crippen LogP contribution in [0.1, 0.15) is 70.6 Å². The molecule has 14 atom stereocenters. The highest BCUT2D eigenvalue weighted by atomic mass is 16.7. The van der Waals surface area contributed by atoms with E-state index in [4.69, 9.17) is 18.9 Å². The Kier molecular flexibility index (Phi) is 22.2. The van der Waals surface area contributed by atoms with E-state index in [9.17, 15) is 75.3 Å². The molecule has 3 heterocycles. The number of hydrogen-bond donors (Lipinski definition) is 13. The van der Waals surface area contributed by atoms with Crippen LogP contribution in [-0.4, -0.2) is 210 Å². The van der Waals surface area contributed by atoms with Gasteiger partial charge in [-0.3, -0.25) is 24.1 Å². The van der Waals surface area contributed by atoms with Crippen LogP contribution in [0.25, 0.3) is 0 Å². The van der Waals surface area contributed by atoms with E-state index in [0.29, 0.717) is 13.0 Å². The number of nitrogens with one attached hydrogen (secondary N) is 2. The van der Waals surface area contributed by atoms with E-state index in [1.807, 2.05) is 0 Å². The first kappa shape index (κ1) is 50.6. The summed E-state index contributed by atoms with van der Waals surface area (Å²) in [7, 11) is 0. The van der Waals surface area contributed by atoms with Crippen LogP contribution in [0.15, 0.2) is 12.2 Å². The van der Waals surface area contributed by atoms with Crippen LogP contribution in [0.2, 0.25) is 0 Å². The third-order valence-electron chi connectivity index (χ3n) is 10.4. The minimum absolute atomic E-state index is 0.0589. The van der Waals surface area contributed by atoms with E-state index in [-0.39, 0.29) is 25.4 Å². The van der Waals surface area contributed by atoms with Gasteiger partial charge in [0.15, 0.2) is 18.7 Å². The molecule has 3 aliphatic rings. The zero-order chi connectivity index (χ0) is 43.6. The molecule has 340 valence electrons. The maximum Gasteiger partial charge on any atom is 0.253 e. The standard InChI is InChI=1S/C37H63N3O19/c41-17-20(44)33(58-37-32(54)29(51)34(22(19-43)57-37)59-36-31(53)27(49)26(48)21(18-42)56-36)28(50)30(52)35(55)39-15-10-8-6-4-2-1-3-5-7-9-14-38-23(45)13-16-40-24(46)11-12-25(40)47/h11-12,20-22,26-34,36-37,41-44,48-54H,1-10,13-19H2,(H,38,45)(H,39,55)/t20-,21-,22-,26-,27+,28-,29-,30-,31-,32-,33-,34-,36-,37-/m1/s1. The van der Waals surface area contributed by atoms with E-state index >= 15 is 0 Å². The highest BCUT2D eigenvalue weighted by molar-refractivity contribution is 6.13. The van der Waals surface area contributed by atoms with Crippen molar-refractivity contribution in [1.82, 2.24) is 15.5 Å². The molecule has 0 aromatic carbocycles. The second-order valence-corrected chi connectivity index (χ2v) is 14.9. The van der Waals surface area contributed by atoms with Crippen LogP contribution in [0.4, 0.5) is 0 Å². The highest BCUT2D eigenvalue weighted by Crippen LogP contribution is 2.31. The molecule has 2 saturated heterocycles. The van der Waals surface area contributed by atoms with Gasteiger partial charge in [-0.25, -0.2) is 0 Å². The van der Waals surface area contributed by atoms with E-state index < -0.39 is 123 Å². The Labute approximate surface area is 341 Å². The number of aliphatic hydroxyl groups is 11. The van der Waals surface area contributed by atoms with Crippen molar-refractivity contribution in [3.8, 4) is 0 Å². The van der Waals surface area contributed by atoms with Gasteiger partial charge in [-0.15, -0.1) is 0 Å². The number of rotatable bonds is 27. The number of hydrogen-bond acceptors (Lipinski definition) is 19. The summed E-state index contributed by atoms with van der Waals surface area (Å²) >= 11 is 0. The lowest BCUT2D eigenvalue weighted by Gasteiger charge is -2.46. The zero-order valence-electron chi connectivity index (χ0n) is 32.9. The molecule has 0 unspecified atom stereocenters. The maximum atomic E-state index is 12.7. The summed E-state index contributed by atoms with van der Waals surface area (Å²) in [6.07, 6.45) is -14.6. The first-order chi connectivity index (χ1) is 28.2. The molecule has 13 N–H and O–H groups in total. The average Bonchev–Trinajstić information content (AvgIpc) is 3.55. The summed E-state index contributed by atoms with van der Waals surface area (Å²) in [6.45, 7) is -1.99. The SMILES string of the molecule is O=C(CCN1C(=O)C=CC1=O)NCCCCCCCCCCCCNC(=O)[C@H](O)[C@@H](O)[C@H](O[C@H]1O[C@H](CO)[C@@H](O[C@H]2O[C@H](CO)[C@@H](O)[C@H](O)[C@H]2O)[C@H](O)[C@H]1O)[C@H](O)CO. The van der Waals surface area contributed by atoms with Gasteiger partial charge >= 0.3 is 0 Å². The van der Waals surface area contributed by atoms with Crippen molar-refractivity contribution in [3.63, 3.8) is 0 Å². The number of amides is 4. The summed E-state index contributed by atoms with van der Waals surface area (Å²) in [4.78, 5) is 48.7. The van der Waals surface area contributed by atoms with Gasteiger partial charge < -0.3 is 85.8 Å². The lowest BCUT2D eigenvalue weighted by molar-refractivity contribution is -0.367. The number of imide groups is 1. The fourth-order valence-electron chi connectivity index (χ4n) is 6.82. The molecule has 4 amide bonds. The summed E-state index contributed by atoms with van der Waals surface area (Å²) in [5, 5.41) is 118. The second-order valence-electron chi connectivity index (χ2n) is 14.9. The van der Waals surface area contributed by atoms with Gasteiger partial charge in [0, 0.05) is 38.2 Å². The zero-order valence-corrected chi connectivity index (χ0v) is 32.9. The lowest BCUT2D eigenvalue weighted by atomic mass is 9.96. The van der Waals surface area contributed by atoms with Crippen LogP contribution in [0.3, 0.4) is 0 Å². The molecule has 0 aromatic heterocycles. The Morgan fingerprint density at radius 2 is 1.19 bits per heavy atom. The number of aliphatic hydroxyl groups excluding tert-OH is 11. The molecule has 3 aliphatic heterocycles. The highest BCUT2D eigenvalue weighted by Gasteiger charge is 2.52. The molecule has 2 fully saturated rings. The maximum absolute atomic E-state index is 12.7. The molecule has 0 aliphatic carbocycles. The molecule has 0 aromatic rings. The van der Waals surface area contributed by atoms with Gasteiger partial charge in [0.25, 0.3) is 17.7 Å².